The summed E-state index contributed by atoms with van der Waals surface area (Å²) in [5, 5.41) is 2.97. The van der Waals surface area contributed by atoms with Gasteiger partial charge in [0.15, 0.2) is 23.0 Å². The van der Waals surface area contributed by atoms with E-state index in [-0.39, 0.29) is 23.8 Å². The molecule has 1 amide bonds. The van der Waals surface area contributed by atoms with Crippen molar-refractivity contribution in [1.29, 1.82) is 0 Å². The summed E-state index contributed by atoms with van der Waals surface area (Å²) in [6.07, 6.45) is 0.698. The SMILES string of the molecule is Cc1ccc2oc(C(=O)N[C@H]3CCN(C)[C@@H]3c3ccc(F)c(F)c3)cc2n1. The number of amides is 1. The molecule has 2 atom stereocenters. The second kappa shape index (κ2) is 6.74. The first kappa shape index (κ1) is 17.6. The summed E-state index contributed by atoms with van der Waals surface area (Å²) in [6, 6.07) is 8.59. The molecule has 27 heavy (non-hydrogen) atoms. The number of likely N-dealkylation sites (tertiary alicyclic amines) is 1. The number of benzene rings is 1. The average Bonchev–Trinajstić information content (AvgIpc) is 3.21. The minimum Gasteiger partial charge on any atom is -0.449 e. The fourth-order valence-corrected chi connectivity index (χ4v) is 3.66. The predicted molar refractivity (Wildman–Crippen MR) is 96.3 cm³/mol. The lowest BCUT2D eigenvalue weighted by molar-refractivity contribution is 0.0901. The van der Waals surface area contributed by atoms with Crippen LogP contribution in [-0.4, -0.2) is 35.4 Å². The molecule has 0 aliphatic carbocycles. The van der Waals surface area contributed by atoms with Crippen LogP contribution in [0.5, 0.6) is 0 Å². The summed E-state index contributed by atoms with van der Waals surface area (Å²) in [5.74, 6) is -1.94. The fraction of sp³-hybridized carbons (Fsp3) is 0.300. The molecule has 0 unspecified atom stereocenters. The Balaban J connectivity index is 1.57. The molecular formula is C20H19F2N3O2. The van der Waals surface area contributed by atoms with Gasteiger partial charge < -0.3 is 9.73 Å². The van der Waals surface area contributed by atoms with Gasteiger partial charge in [0.25, 0.3) is 5.91 Å². The molecule has 1 N–H and O–H groups in total. The van der Waals surface area contributed by atoms with Crippen molar-refractivity contribution in [3.05, 3.63) is 65.1 Å². The zero-order valence-electron chi connectivity index (χ0n) is 15.0. The molecule has 2 aromatic heterocycles. The van der Waals surface area contributed by atoms with Gasteiger partial charge in [-0.05, 0) is 50.2 Å². The van der Waals surface area contributed by atoms with Gasteiger partial charge in [0, 0.05) is 18.3 Å². The van der Waals surface area contributed by atoms with E-state index in [4.69, 9.17) is 4.42 Å². The van der Waals surface area contributed by atoms with Gasteiger partial charge in [0.1, 0.15) is 5.52 Å². The summed E-state index contributed by atoms with van der Waals surface area (Å²) in [6.45, 7) is 2.60. The molecule has 1 aliphatic rings. The largest absolute Gasteiger partial charge is 0.449 e. The number of furan rings is 1. The third-order valence-electron chi connectivity index (χ3n) is 4.99. The van der Waals surface area contributed by atoms with Gasteiger partial charge in [-0.3, -0.25) is 9.69 Å². The van der Waals surface area contributed by atoms with Gasteiger partial charge in [0.05, 0.1) is 12.1 Å². The number of fused-ring (bicyclic) bond motifs is 1. The van der Waals surface area contributed by atoms with E-state index in [0.717, 1.165) is 18.3 Å². The number of rotatable bonds is 3. The molecule has 0 saturated carbocycles. The second-order valence-electron chi connectivity index (χ2n) is 6.91. The standard InChI is InChI=1S/C20H19F2N3O2/c1-11-3-6-17-16(23-11)10-18(27-17)20(26)24-15-7-8-25(2)19(15)12-4-5-13(21)14(22)9-12/h3-6,9-10,15,19H,7-8H2,1-2H3,(H,24,26)/t15-,19+/m0/s1. The number of aromatic nitrogens is 1. The quantitative estimate of drug-likeness (QED) is 0.764. The van der Waals surface area contributed by atoms with E-state index in [2.05, 4.69) is 10.3 Å². The Bertz CT molecular complexity index is 1020. The lowest BCUT2D eigenvalue weighted by Gasteiger charge is -2.26. The van der Waals surface area contributed by atoms with E-state index in [0.29, 0.717) is 23.1 Å². The maximum atomic E-state index is 13.7. The number of halogens is 2. The highest BCUT2D eigenvalue weighted by atomic mass is 19.2. The number of carbonyl (C=O) groups excluding carboxylic acids is 1. The number of likely N-dealkylation sites (N-methyl/N-ethyl adjacent to an activating group) is 1. The predicted octanol–water partition coefficient (Wildman–Crippen LogP) is 3.59. The highest BCUT2D eigenvalue weighted by Gasteiger charge is 2.35. The Labute approximate surface area is 155 Å². The highest BCUT2D eigenvalue weighted by molar-refractivity contribution is 5.95. The van der Waals surface area contributed by atoms with Crippen LogP contribution in [0, 0.1) is 18.6 Å². The number of carbonyl (C=O) groups is 1. The van der Waals surface area contributed by atoms with Crippen molar-refractivity contribution < 1.29 is 18.0 Å². The van der Waals surface area contributed by atoms with Crippen LogP contribution in [0.1, 0.15) is 34.3 Å². The molecule has 140 valence electrons. The Kier molecular flexibility index (Phi) is 4.39. The molecule has 1 saturated heterocycles. The average molecular weight is 371 g/mol. The van der Waals surface area contributed by atoms with Crippen LogP contribution in [0.25, 0.3) is 11.1 Å². The van der Waals surface area contributed by atoms with Crippen LogP contribution in [0.2, 0.25) is 0 Å². The first-order valence-electron chi connectivity index (χ1n) is 8.75. The summed E-state index contributed by atoms with van der Waals surface area (Å²) in [5.41, 5.74) is 2.64. The molecule has 3 heterocycles. The van der Waals surface area contributed by atoms with Crippen molar-refractivity contribution in [3.8, 4) is 0 Å². The minimum atomic E-state index is -0.892. The molecule has 1 aliphatic heterocycles. The van der Waals surface area contributed by atoms with E-state index in [9.17, 15) is 13.6 Å². The molecule has 7 heteroatoms. The first-order valence-corrected chi connectivity index (χ1v) is 8.75. The Morgan fingerprint density at radius 1 is 1.22 bits per heavy atom. The Hall–Kier alpha value is -2.80. The van der Waals surface area contributed by atoms with Crippen LogP contribution in [0.3, 0.4) is 0 Å². The summed E-state index contributed by atoms with van der Waals surface area (Å²) in [4.78, 5) is 19.0. The maximum absolute atomic E-state index is 13.7. The first-order chi connectivity index (χ1) is 12.9. The molecule has 0 bridgehead atoms. The third kappa shape index (κ3) is 3.30. The number of nitrogens with zero attached hydrogens (tertiary/aromatic N) is 2. The van der Waals surface area contributed by atoms with Crippen molar-refractivity contribution in [2.75, 3.05) is 13.6 Å². The molecule has 1 aromatic carbocycles. The molecule has 0 radical (unpaired) electrons. The summed E-state index contributed by atoms with van der Waals surface area (Å²) in [7, 11) is 1.89. The van der Waals surface area contributed by atoms with E-state index >= 15 is 0 Å². The van der Waals surface area contributed by atoms with Crippen LogP contribution in [0.15, 0.2) is 40.8 Å². The van der Waals surface area contributed by atoms with Gasteiger partial charge in [-0.25, -0.2) is 13.8 Å². The van der Waals surface area contributed by atoms with E-state index in [1.54, 1.807) is 18.2 Å². The molecule has 3 aromatic rings. The monoisotopic (exact) mass is 371 g/mol. The van der Waals surface area contributed by atoms with Crippen LogP contribution < -0.4 is 5.32 Å². The number of aryl methyl sites for hydroxylation is 1. The molecular weight excluding hydrogens is 352 g/mol. The lowest BCUT2D eigenvalue weighted by atomic mass is 10.00. The van der Waals surface area contributed by atoms with Crippen molar-refractivity contribution in [2.45, 2.75) is 25.4 Å². The number of hydrogen-bond acceptors (Lipinski definition) is 4. The zero-order valence-corrected chi connectivity index (χ0v) is 15.0. The van der Waals surface area contributed by atoms with Gasteiger partial charge >= 0.3 is 0 Å². The van der Waals surface area contributed by atoms with E-state index in [1.165, 1.54) is 6.07 Å². The zero-order chi connectivity index (χ0) is 19.1. The van der Waals surface area contributed by atoms with Crippen LogP contribution >= 0.6 is 0 Å². The van der Waals surface area contributed by atoms with Gasteiger partial charge in [-0.15, -0.1) is 0 Å². The summed E-state index contributed by atoms with van der Waals surface area (Å²) < 4.78 is 32.5. The second-order valence-corrected chi connectivity index (χ2v) is 6.91. The van der Waals surface area contributed by atoms with E-state index in [1.807, 2.05) is 24.9 Å². The normalized spacial score (nSPS) is 20.3. The number of nitrogens with one attached hydrogen (secondary N) is 1. The molecule has 4 rings (SSSR count). The van der Waals surface area contributed by atoms with Crippen molar-refractivity contribution in [1.82, 2.24) is 15.2 Å². The van der Waals surface area contributed by atoms with Crippen LogP contribution in [-0.2, 0) is 0 Å². The summed E-state index contributed by atoms with van der Waals surface area (Å²) >= 11 is 0. The van der Waals surface area contributed by atoms with Crippen molar-refractivity contribution >= 4 is 17.0 Å². The fourth-order valence-electron chi connectivity index (χ4n) is 3.66. The van der Waals surface area contributed by atoms with Gasteiger partial charge in [0.2, 0.25) is 0 Å². The topological polar surface area (TPSA) is 58.4 Å². The molecule has 0 spiro atoms. The number of hydrogen-bond donors (Lipinski definition) is 1. The Morgan fingerprint density at radius 2 is 2.04 bits per heavy atom. The smallest absolute Gasteiger partial charge is 0.287 e. The minimum absolute atomic E-state index is 0.182. The molecule has 1 fully saturated rings. The van der Waals surface area contributed by atoms with Crippen LogP contribution in [0.4, 0.5) is 8.78 Å². The van der Waals surface area contributed by atoms with E-state index < -0.39 is 11.6 Å². The Morgan fingerprint density at radius 3 is 2.81 bits per heavy atom. The highest BCUT2D eigenvalue weighted by Crippen LogP contribution is 2.32. The maximum Gasteiger partial charge on any atom is 0.287 e. The number of pyridine rings is 1. The third-order valence-corrected chi connectivity index (χ3v) is 4.99. The lowest BCUT2D eigenvalue weighted by Crippen LogP contribution is -2.38. The van der Waals surface area contributed by atoms with Gasteiger partial charge in [-0.1, -0.05) is 6.07 Å². The van der Waals surface area contributed by atoms with Crippen molar-refractivity contribution in [3.63, 3.8) is 0 Å². The van der Waals surface area contributed by atoms with Crippen molar-refractivity contribution in [2.24, 2.45) is 0 Å². The van der Waals surface area contributed by atoms with Gasteiger partial charge in [-0.2, -0.15) is 0 Å². The molecule has 5 nitrogen and oxygen atoms in total.